The van der Waals surface area contributed by atoms with Gasteiger partial charge in [-0.15, -0.1) is 0 Å². The first-order valence-corrected chi connectivity index (χ1v) is 6.87. The summed E-state index contributed by atoms with van der Waals surface area (Å²) in [5.74, 6) is 1.06. The van der Waals surface area contributed by atoms with E-state index >= 15 is 0 Å². The summed E-state index contributed by atoms with van der Waals surface area (Å²) in [5, 5.41) is 4.56. The Kier molecular flexibility index (Phi) is 3.00. The van der Waals surface area contributed by atoms with Crippen LogP contribution in [0.25, 0.3) is 0 Å². The predicted octanol–water partition coefficient (Wildman–Crippen LogP) is 2.91. The molecule has 0 aliphatic heterocycles. The van der Waals surface area contributed by atoms with Gasteiger partial charge in [0.05, 0.1) is 18.2 Å². The van der Waals surface area contributed by atoms with Gasteiger partial charge in [-0.3, -0.25) is 9.48 Å². The van der Waals surface area contributed by atoms with Crippen LogP contribution < -0.4 is 0 Å². The lowest BCUT2D eigenvalue weighted by atomic mass is 10.1. The number of carbonyl (C=O) groups is 1. The summed E-state index contributed by atoms with van der Waals surface area (Å²) in [7, 11) is 0. The number of carbonyl (C=O) groups excluding carboxylic acids is 1. The summed E-state index contributed by atoms with van der Waals surface area (Å²) in [6.45, 7) is 0. The van der Waals surface area contributed by atoms with Gasteiger partial charge in [0.15, 0.2) is 0 Å². The lowest BCUT2D eigenvalue weighted by Crippen LogP contribution is -2.08. The minimum absolute atomic E-state index is 0.365. The molecule has 0 unspecified atom stereocenters. The highest BCUT2D eigenvalue weighted by atomic mass is 16.1. The molecule has 0 spiro atoms. The van der Waals surface area contributed by atoms with Crippen LogP contribution in [0.1, 0.15) is 56.7 Å². The number of hydrogen-bond acceptors (Lipinski definition) is 2. The van der Waals surface area contributed by atoms with Crippen molar-refractivity contribution in [2.45, 2.75) is 57.4 Å². The minimum Gasteiger partial charge on any atom is -0.299 e. The van der Waals surface area contributed by atoms with Crippen LogP contribution in [0.2, 0.25) is 0 Å². The zero-order chi connectivity index (χ0) is 11.7. The molecule has 92 valence electrons. The first kappa shape index (κ1) is 11.0. The normalized spacial score (nSPS) is 20.9. The van der Waals surface area contributed by atoms with E-state index in [4.69, 9.17) is 0 Å². The Labute approximate surface area is 102 Å². The van der Waals surface area contributed by atoms with Crippen LogP contribution >= 0.6 is 0 Å². The summed E-state index contributed by atoms with van der Waals surface area (Å²) in [6.07, 6.45) is 11.0. The van der Waals surface area contributed by atoms with Crippen LogP contribution in [0.3, 0.4) is 0 Å². The molecular formula is C14H20N2O. The van der Waals surface area contributed by atoms with Gasteiger partial charge in [-0.1, -0.05) is 12.8 Å². The second kappa shape index (κ2) is 4.63. The Morgan fingerprint density at radius 1 is 1.29 bits per heavy atom. The van der Waals surface area contributed by atoms with Crippen molar-refractivity contribution in [2.75, 3.05) is 0 Å². The van der Waals surface area contributed by atoms with Crippen LogP contribution in [0.5, 0.6) is 0 Å². The van der Waals surface area contributed by atoms with Gasteiger partial charge in [0, 0.05) is 12.6 Å². The van der Waals surface area contributed by atoms with Crippen molar-refractivity contribution in [3.8, 4) is 0 Å². The zero-order valence-electron chi connectivity index (χ0n) is 10.3. The fraction of sp³-hybridized carbons (Fsp3) is 0.714. The highest BCUT2D eigenvalue weighted by Gasteiger charge is 2.24. The van der Waals surface area contributed by atoms with E-state index in [1.165, 1.54) is 38.5 Å². The molecule has 0 saturated heterocycles. The van der Waals surface area contributed by atoms with E-state index in [1.54, 1.807) is 0 Å². The van der Waals surface area contributed by atoms with Gasteiger partial charge >= 0.3 is 0 Å². The second-order valence-corrected chi connectivity index (χ2v) is 5.59. The van der Waals surface area contributed by atoms with E-state index in [0.717, 1.165) is 12.1 Å². The topological polar surface area (TPSA) is 34.9 Å². The van der Waals surface area contributed by atoms with Crippen LogP contribution in [-0.2, 0) is 11.2 Å². The fourth-order valence-electron chi connectivity index (χ4n) is 2.76. The summed E-state index contributed by atoms with van der Waals surface area (Å²) < 4.78 is 2.08. The average molecular weight is 232 g/mol. The van der Waals surface area contributed by atoms with Gasteiger partial charge in [-0.25, -0.2) is 0 Å². The Hall–Kier alpha value is -1.12. The summed E-state index contributed by atoms with van der Waals surface area (Å²) in [6, 6.07) is 2.60. The van der Waals surface area contributed by atoms with Gasteiger partial charge in [-0.05, 0) is 37.7 Å². The largest absolute Gasteiger partial charge is 0.299 e. The molecule has 17 heavy (non-hydrogen) atoms. The Morgan fingerprint density at radius 3 is 2.76 bits per heavy atom. The fourth-order valence-corrected chi connectivity index (χ4v) is 2.76. The summed E-state index contributed by atoms with van der Waals surface area (Å²) in [4.78, 5) is 11.7. The summed E-state index contributed by atoms with van der Waals surface area (Å²) in [5.41, 5.74) is 0.961. The van der Waals surface area contributed by atoms with Crippen LogP contribution in [0.15, 0.2) is 12.3 Å². The van der Waals surface area contributed by atoms with E-state index in [9.17, 15) is 4.79 Å². The Morgan fingerprint density at radius 2 is 2.06 bits per heavy atom. The SMILES string of the molecule is O=C(Cc1ccn(C2CCCC2)n1)CC1CC1. The molecule has 2 fully saturated rings. The lowest BCUT2D eigenvalue weighted by molar-refractivity contribution is -0.118. The lowest BCUT2D eigenvalue weighted by Gasteiger charge is -2.08. The van der Waals surface area contributed by atoms with Crippen LogP contribution in [0, 0.1) is 5.92 Å². The molecule has 3 heteroatoms. The first-order chi connectivity index (χ1) is 8.31. The van der Waals surface area contributed by atoms with E-state index in [2.05, 4.69) is 16.0 Å². The number of rotatable bonds is 5. The standard InChI is InChI=1S/C14H20N2O/c17-14(9-11-5-6-11)10-12-7-8-16(15-12)13-3-1-2-4-13/h7-8,11,13H,1-6,9-10H2. The number of hydrogen-bond donors (Lipinski definition) is 0. The van der Waals surface area contributed by atoms with E-state index in [1.807, 2.05) is 6.07 Å². The molecule has 1 aromatic rings. The number of nitrogens with zero attached hydrogens (tertiary/aromatic N) is 2. The van der Waals surface area contributed by atoms with E-state index < -0.39 is 0 Å². The molecule has 1 heterocycles. The molecule has 0 radical (unpaired) electrons. The number of ketones is 1. The van der Waals surface area contributed by atoms with Gasteiger partial charge in [0.1, 0.15) is 5.78 Å². The number of aromatic nitrogens is 2. The molecule has 0 N–H and O–H groups in total. The molecule has 2 aliphatic carbocycles. The molecule has 3 nitrogen and oxygen atoms in total. The Bertz CT molecular complexity index is 400. The first-order valence-electron chi connectivity index (χ1n) is 6.87. The molecule has 0 aromatic carbocycles. The van der Waals surface area contributed by atoms with Crippen molar-refractivity contribution in [3.63, 3.8) is 0 Å². The minimum atomic E-state index is 0.365. The molecular weight excluding hydrogens is 212 g/mol. The highest BCUT2D eigenvalue weighted by Crippen LogP contribution is 2.33. The van der Waals surface area contributed by atoms with Crippen molar-refractivity contribution in [1.82, 2.24) is 9.78 Å². The van der Waals surface area contributed by atoms with Crippen LogP contribution in [0.4, 0.5) is 0 Å². The molecule has 1 aromatic heterocycles. The van der Waals surface area contributed by atoms with Crippen molar-refractivity contribution >= 4 is 5.78 Å². The van der Waals surface area contributed by atoms with E-state index in [0.29, 0.717) is 24.2 Å². The maximum absolute atomic E-state index is 11.7. The van der Waals surface area contributed by atoms with Crippen molar-refractivity contribution in [2.24, 2.45) is 5.92 Å². The zero-order valence-corrected chi connectivity index (χ0v) is 10.3. The third-order valence-electron chi connectivity index (χ3n) is 3.95. The smallest absolute Gasteiger partial charge is 0.139 e. The maximum Gasteiger partial charge on any atom is 0.139 e. The molecule has 0 amide bonds. The van der Waals surface area contributed by atoms with Gasteiger partial charge in [0.25, 0.3) is 0 Å². The number of Topliss-reactive ketones (excluding diaryl/α,β-unsaturated/α-hetero) is 1. The monoisotopic (exact) mass is 232 g/mol. The van der Waals surface area contributed by atoms with Gasteiger partial charge in [-0.2, -0.15) is 5.10 Å². The van der Waals surface area contributed by atoms with Crippen molar-refractivity contribution < 1.29 is 4.79 Å². The quantitative estimate of drug-likeness (QED) is 0.782. The third-order valence-corrected chi connectivity index (χ3v) is 3.95. The molecule has 0 atom stereocenters. The second-order valence-electron chi connectivity index (χ2n) is 5.59. The van der Waals surface area contributed by atoms with Crippen LogP contribution in [-0.4, -0.2) is 15.6 Å². The molecule has 2 aliphatic rings. The highest BCUT2D eigenvalue weighted by molar-refractivity contribution is 5.80. The van der Waals surface area contributed by atoms with E-state index in [-0.39, 0.29) is 0 Å². The summed E-state index contributed by atoms with van der Waals surface area (Å²) >= 11 is 0. The molecule has 2 saturated carbocycles. The Balaban J connectivity index is 1.57. The van der Waals surface area contributed by atoms with Gasteiger partial charge < -0.3 is 0 Å². The third kappa shape index (κ3) is 2.76. The molecule has 3 rings (SSSR count). The average Bonchev–Trinajstić information content (AvgIpc) is 2.84. The molecule has 0 bridgehead atoms. The van der Waals surface area contributed by atoms with Gasteiger partial charge in [0.2, 0.25) is 0 Å². The maximum atomic E-state index is 11.7. The van der Waals surface area contributed by atoms with Crippen molar-refractivity contribution in [1.29, 1.82) is 0 Å². The predicted molar refractivity (Wildman–Crippen MR) is 65.8 cm³/mol. The van der Waals surface area contributed by atoms with Crippen molar-refractivity contribution in [3.05, 3.63) is 18.0 Å².